The molecule has 0 spiro atoms. The second-order valence-corrected chi connectivity index (χ2v) is 7.23. The zero-order valence-electron chi connectivity index (χ0n) is 12.2. The SMILES string of the molecule is CN(Cc1ccc(C(F)(F)F)cc1)S(=O)(=O)c1ncn(C)c1Cl. The molecule has 0 saturated carbocycles. The van der Waals surface area contributed by atoms with Crippen molar-refractivity contribution in [3.05, 3.63) is 46.9 Å². The van der Waals surface area contributed by atoms with E-state index in [0.717, 1.165) is 16.4 Å². The van der Waals surface area contributed by atoms with Gasteiger partial charge >= 0.3 is 6.18 Å². The van der Waals surface area contributed by atoms with Gasteiger partial charge in [-0.1, -0.05) is 23.7 Å². The normalized spacial score (nSPS) is 12.8. The van der Waals surface area contributed by atoms with E-state index in [1.54, 1.807) is 7.05 Å². The summed E-state index contributed by atoms with van der Waals surface area (Å²) >= 11 is 5.88. The van der Waals surface area contributed by atoms with Crippen LogP contribution in [0.25, 0.3) is 0 Å². The molecular formula is C13H13ClF3N3O2S. The van der Waals surface area contributed by atoms with E-state index in [1.165, 1.54) is 30.1 Å². The molecule has 0 fully saturated rings. The molecule has 0 saturated heterocycles. The predicted molar refractivity (Wildman–Crippen MR) is 78.3 cm³/mol. The molecule has 0 unspecified atom stereocenters. The van der Waals surface area contributed by atoms with Crippen molar-refractivity contribution in [2.75, 3.05) is 7.05 Å². The van der Waals surface area contributed by atoms with E-state index < -0.39 is 21.8 Å². The van der Waals surface area contributed by atoms with Gasteiger partial charge in [-0.15, -0.1) is 0 Å². The number of aromatic nitrogens is 2. The average molecular weight is 368 g/mol. The zero-order valence-corrected chi connectivity index (χ0v) is 13.7. The zero-order chi connectivity index (χ0) is 17.4. The van der Waals surface area contributed by atoms with Crippen molar-refractivity contribution < 1.29 is 21.6 Å². The summed E-state index contributed by atoms with van der Waals surface area (Å²) in [7, 11) is -1.09. The first kappa shape index (κ1) is 17.8. The first-order valence-electron chi connectivity index (χ1n) is 6.33. The molecule has 5 nitrogen and oxygen atoms in total. The molecule has 0 aliphatic rings. The molecule has 1 heterocycles. The van der Waals surface area contributed by atoms with Crippen LogP contribution in [-0.2, 0) is 29.8 Å². The Balaban J connectivity index is 2.21. The summed E-state index contributed by atoms with van der Waals surface area (Å²) in [6.45, 7) is -0.104. The smallest absolute Gasteiger partial charge is 0.324 e. The molecule has 0 aliphatic carbocycles. The van der Waals surface area contributed by atoms with E-state index in [0.29, 0.717) is 5.56 Å². The van der Waals surface area contributed by atoms with E-state index in [9.17, 15) is 21.6 Å². The predicted octanol–water partition coefficient (Wildman–Crippen LogP) is 2.91. The van der Waals surface area contributed by atoms with Crippen molar-refractivity contribution in [3.63, 3.8) is 0 Å². The molecular weight excluding hydrogens is 355 g/mol. The van der Waals surface area contributed by atoms with Crippen LogP contribution in [0.1, 0.15) is 11.1 Å². The lowest BCUT2D eigenvalue weighted by molar-refractivity contribution is -0.137. The quantitative estimate of drug-likeness (QED) is 0.835. The fourth-order valence-electron chi connectivity index (χ4n) is 1.86. The van der Waals surface area contributed by atoms with Gasteiger partial charge in [0.1, 0.15) is 5.15 Å². The third-order valence-corrected chi connectivity index (χ3v) is 5.47. The topological polar surface area (TPSA) is 55.2 Å². The lowest BCUT2D eigenvalue weighted by atomic mass is 10.1. The molecule has 0 atom stereocenters. The summed E-state index contributed by atoms with van der Waals surface area (Å²) in [5.41, 5.74) is -0.379. The first-order valence-corrected chi connectivity index (χ1v) is 8.14. The summed E-state index contributed by atoms with van der Waals surface area (Å²) in [4.78, 5) is 3.75. The molecule has 1 aromatic heterocycles. The third-order valence-electron chi connectivity index (χ3n) is 3.18. The first-order chi connectivity index (χ1) is 10.5. The van der Waals surface area contributed by atoms with Crippen LogP contribution in [0.3, 0.4) is 0 Å². The molecule has 2 rings (SSSR count). The summed E-state index contributed by atoms with van der Waals surface area (Å²) in [6, 6.07) is 4.27. The van der Waals surface area contributed by atoms with E-state index in [4.69, 9.17) is 11.6 Å². The van der Waals surface area contributed by atoms with Crippen molar-refractivity contribution in [2.45, 2.75) is 17.7 Å². The number of hydrogen-bond donors (Lipinski definition) is 0. The Labute approximate surface area is 136 Å². The maximum Gasteiger partial charge on any atom is 0.416 e. The molecule has 0 aliphatic heterocycles. The van der Waals surface area contributed by atoms with Gasteiger partial charge in [-0.05, 0) is 17.7 Å². The Morgan fingerprint density at radius 1 is 1.26 bits per heavy atom. The fraction of sp³-hybridized carbons (Fsp3) is 0.308. The van der Waals surface area contributed by atoms with Crippen LogP contribution < -0.4 is 0 Å². The van der Waals surface area contributed by atoms with E-state index >= 15 is 0 Å². The number of halogens is 4. The highest BCUT2D eigenvalue weighted by Crippen LogP contribution is 2.29. The van der Waals surface area contributed by atoms with Crippen molar-refractivity contribution in [1.82, 2.24) is 13.9 Å². The Hall–Kier alpha value is -1.58. The molecule has 2 aromatic rings. The molecule has 1 aromatic carbocycles. The van der Waals surface area contributed by atoms with E-state index in [1.807, 2.05) is 0 Å². The van der Waals surface area contributed by atoms with Crippen LogP contribution in [0.4, 0.5) is 13.2 Å². The maximum absolute atomic E-state index is 12.5. The van der Waals surface area contributed by atoms with Crippen LogP contribution in [0.5, 0.6) is 0 Å². The molecule has 10 heteroatoms. The van der Waals surface area contributed by atoms with Crippen LogP contribution >= 0.6 is 11.6 Å². The minimum absolute atomic E-state index is 0.0377. The Bertz CT molecular complexity index is 801. The molecule has 0 bridgehead atoms. The van der Waals surface area contributed by atoms with Crippen LogP contribution in [0, 0.1) is 0 Å². The van der Waals surface area contributed by atoms with Crippen LogP contribution in [0.15, 0.2) is 35.6 Å². The van der Waals surface area contributed by atoms with Gasteiger partial charge in [0.15, 0.2) is 0 Å². The number of alkyl halides is 3. The average Bonchev–Trinajstić information content (AvgIpc) is 2.79. The van der Waals surface area contributed by atoms with Gasteiger partial charge in [0.05, 0.1) is 11.9 Å². The Morgan fingerprint density at radius 2 is 1.83 bits per heavy atom. The highest BCUT2D eigenvalue weighted by molar-refractivity contribution is 7.89. The maximum atomic E-state index is 12.5. The fourth-order valence-corrected chi connectivity index (χ4v) is 3.39. The van der Waals surface area contributed by atoms with Gasteiger partial charge in [-0.25, -0.2) is 13.4 Å². The number of sulfonamides is 1. The number of nitrogens with zero attached hydrogens (tertiary/aromatic N) is 3. The highest BCUT2D eigenvalue weighted by Gasteiger charge is 2.30. The standard InChI is InChI=1S/C13H13ClF3N3O2S/c1-19-8-18-12(11(19)14)23(21,22)20(2)7-9-3-5-10(6-4-9)13(15,16)17/h3-6,8H,7H2,1-2H3. The minimum atomic E-state index is -4.43. The minimum Gasteiger partial charge on any atom is -0.324 e. The van der Waals surface area contributed by atoms with Crippen molar-refractivity contribution in [1.29, 1.82) is 0 Å². The van der Waals surface area contributed by atoms with Crippen molar-refractivity contribution in [3.8, 4) is 0 Å². The molecule has 0 N–H and O–H groups in total. The van der Waals surface area contributed by atoms with Gasteiger partial charge in [0, 0.05) is 20.6 Å². The van der Waals surface area contributed by atoms with E-state index in [2.05, 4.69) is 4.98 Å². The molecule has 0 amide bonds. The van der Waals surface area contributed by atoms with Gasteiger partial charge < -0.3 is 4.57 Å². The molecule has 126 valence electrons. The van der Waals surface area contributed by atoms with Gasteiger partial charge in [-0.3, -0.25) is 0 Å². The van der Waals surface area contributed by atoms with Crippen molar-refractivity contribution in [2.24, 2.45) is 7.05 Å². The number of rotatable bonds is 4. The van der Waals surface area contributed by atoms with Crippen LogP contribution in [-0.4, -0.2) is 29.3 Å². The van der Waals surface area contributed by atoms with Crippen molar-refractivity contribution >= 4 is 21.6 Å². The Kier molecular flexibility index (Phi) is 4.74. The lowest BCUT2D eigenvalue weighted by Gasteiger charge is -2.16. The molecule has 23 heavy (non-hydrogen) atoms. The number of imidazole rings is 1. The van der Waals surface area contributed by atoms with Gasteiger partial charge in [0.2, 0.25) is 5.03 Å². The largest absolute Gasteiger partial charge is 0.416 e. The Morgan fingerprint density at radius 3 is 2.26 bits per heavy atom. The summed E-state index contributed by atoms with van der Waals surface area (Å²) < 4.78 is 64.6. The lowest BCUT2D eigenvalue weighted by Crippen LogP contribution is -2.27. The monoisotopic (exact) mass is 367 g/mol. The number of aryl methyl sites for hydroxylation is 1. The second kappa shape index (κ2) is 6.14. The van der Waals surface area contributed by atoms with Gasteiger partial charge in [0.25, 0.3) is 10.0 Å². The highest BCUT2D eigenvalue weighted by atomic mass is 35.5. The van der Waals surface area contributed by atoms with E-state index in [-0.39, 0.29) is 16.7 Å². The van der Waals surface area contributed by atoms with Gasteiger partial charge in [-0.2, -0.15) is 17.5 Å². The molecule has 0 radical (unpaired) electrons. The number of benzene rings is 1. The summed E-state index contributed by atoms with van der Waals surface area (Å²) in [6.07, 6.45) is -3.17. The second-order valence-electron chi connectivity index (χ2n) is 4.91. The number of hydrogen-bond acceptors (Lipinski definition) is 3. The van der Waals surface area contributed by atoms with Crippen LogP contribution in [0.2, 0.25) is 5.15 Å². The summed E-state index contributed by atoms with van der Waals surface area (Å²) in [5.74, 6) is 0. The third kappa shape index (κ3) is 3.67. The summed E-state index contributed by atoms with van der Waals surface area (Å²) in [5, 5.41) is -0.333.